The zero-order valence-corrected chi connectivity index (χ0v) is 17.7. The SMILES string of the molecule is CCc1ccccc1NC(=O)CNC(=O)c1cc(NC(C)=O)ccc1NS(C)(=O)=O. The Morgan fingerprint density at radius 2 is 1.67 bits per heavy atom. The summed E-state index contributed by atoms with van der Waals surface area (Å²) in [5, 5.41) is 7.73. The number of rotatable bonds is 8. The van der Waals surface area contributed by atoms with Crippen molar-refractivity contribution in [3.63, 3.8) is 0 Å². The van der Waals surface area contributed by atoms with Crippen LogP contribution in [0.5, 0.6) is 0 Å². The van der Waals surface area contributed by atoms with Crippen LogP contribution in [0.2, 0.25) is 0 Å². The van der Waals surface area contributed by atoms with E-state index in [-0.39, 0.29) is 23.7 Å². The smallest absolute Gasteiger partial charge is 0.253 e. The highest BCUT2D eigenvalue weighted by molar-refractivity contribution is 7.92. The van der Waals surface area contributed by atoms with Gasteiger partial charge in [0, 0.05) is 18.3 Å². The standard InChI is InChI=1S/C20H24N4O5S/c1-4-14-7-5-6-8-17(14)23-19(26)12-21-20(27)16-11-15(22-13(2)25)9-10-18(16)24-30(3,28)29/h5-11,24H,4,12H2,1-3H3,(H,21,27)(H,22,25)(H,23,26). The zero-order valence-electron chi connectivity index (χ0n) is 16.9. The fourth-order valence-electron chi connectivity index (χ4n) is 2.70. The molecule has 160 valence electrons. The molecule has 0 aliphatic heterocycles. The third-order valence-electron chi connectivity index (χ3n) is 3.96. The van der Waals surface area contributed by atoms with E-state index in [1.807, 2.05) is 19.1 Å². The predicted octanol–water partition coefficient (Wildman–Crippen LogP) is 1.95. The Morgan fingerprint density at radius 3 is 2.30 bits per heavy atom. The highest BCUT2D eigenvalue weighted by Gasteiger charge is 2.17. The molecule has 4 N–H and O–H groups in total. The van der Waals surface area contributed by atoms with Crippen LogP contribution in [0.25, 0.3) is 0 Å². The first-order valence-electron chi connectivity index (χ1n) is 9.14. The van der Waals surface area contributed by atoms with Gasteiger partial charge >= 0.3 is 0 Å². The molecule has 0 saturated heterocycles. The number of aryl methyl sites for hydroxylation is 1. The summed E-state index contributed by atoms with van der Waals surface area (Å²) < 4.78 is 25.4. The van der Waals surface area contributed by atoms with E-state index in [4.69, 9.17) is 0 Å². The summed E-state index contributed by atoms with van der Waals surface area (Å²) >= 11 is 0. The maximum absolute atomic E-state index is 12.6. The van der Waals surface area contributed by atoms with E-state index < -0.39 is 21.8 Å². The molecule has 0 bridgehead atoms. The number of nitrogens with one attached hydrogen (secondary N) is 4. The predicted molar refractivity (Wildman–Crippen MR) is 116 cm³/mol. The number of anilines is 3. The summed E-state index contributed by atoms with van der Waals surface area (Å²) in [6, 6.07) is 11.5. The number of sulfonamides is 1. The van der Waals surface area contributed by atoms with Crippen molar-refractivity contribution in [1.29, 1.82) is 0 Å². The third-order valence-corrected chi connectivity index (χ3v) is 4.55. The highest BCUT2D eigenvalue weighted by atomic mass is 32.2. The summed E-state index contributed by atoms with van der Waals surface area (Å²) in [6.07, 6.45) is 1.69. The lowest BCUT2D eigenvalue weighted by Crippen LogP contribution is -2.33. The van der Waals surface area contributed by atoms with Crippen LogP contribution in [-0.4, -0.2) is 38.9 Å². The highest BCUT2D eigenvalue weighted by Crippen LogP contribution is 2.22. The van der Waals surface area contributed by atoms with E-state index in [0.29, 0.717) is 11.4 Å². The number of amides is 3. The molecule has 2 rings (SSSR count). The molecule has 3 amide bonds. The first kappa shape index (κ1) is 22.9. The van der Waals surface area contributed by atoms with Crippen LogP contribution in [0.4, 0.5) is 17.1 Å². The average Bonchev–Trinajstić information content (AvgIpc) is 2.66. The van der Waals surface area contributed by atoms with Gasteiger partial charge in [-0.25, -0.2) is 8.42 Å². The van der Waals surface area contributed by atoms with Gasteiger partial charge in [0.05, 0.1) is 24.1 Å². The number of carbonyl (C=O) groups excluding carboxylic acids is 3. The Morgan fingerprint density at radius 1 is 0.967 bits per heavy atom. The molecule has 0 radical (unpaired) electrons. The van der Waals surface area contributed by atoms with Crippen molar-refractivity contribution in [1.82, 2.24) is 5.32 Å². The molecule has 0 saturated carbocycles. The Bertz CT molecular complexity index is 1070. The van der Waals surface area contributed by atoms with Gasteiger partial charge < -0.3 is 16.0 Å². The van der Waals surface area contributed by atoms with Gasteiger partial charge in [-0.05, 0) is 36.2 Å². The number of hydrogen-bond donors (Lipinski definition) is 4. The molecule has 0 fully saturated rings. The summed E-state index contributed by atoms with van der Waals surface area (Å²) in [5.74, 6) is -1.45. The minimum absolute atomic E-state index is 0.0286. The lowest BCUT2D eigenvalue weighted by atomic mass is 10.1. The van der Waals surface area contributed by atoms with Gasteiger partial charge in [0.2, 0.25) is 21.8 Å². The molecule has 0 atom stereocenters. The second kappa shape index (κ2) is 9.88. The summed E-state index contributed by atoms with van der Waals surface area (Å²) in [6.45, 7) is 2.95. The van der Waals surface area contributed by atoms with E-state index in [0.717, 1.165) is 18.2 Å². The van der Waals surface area contributed by atoms with E-state index in [1.165, 1.54) is 25.1 Å². The molecular formula is C20H24N4O5S. The number of para-hydroxylation sites is 1. The Labute approximate surface area is 175 Å². The normalized spacial score (nSPS) is 10.8. The van der Waals surface area contributed by atoms with E-state index >= 15 is 0 Å². The molecular weight excluding hydrogens is 408 g/mol. The fourth-order valence-corrected chi connectivity index (χ4v) is 3.28. The van der Waals surface area contributed by atoms with Crippen LogP contribution in [0, 0.1) is 0 Å². The molecule has 2 aromatic rings. The summed E-state index contributed by atoms with van der Waals surface area (Å²) in [4.78, 5) is 36.2. The van der Waals surface area contributed by atoms with Crippen LogP contribution in [0.15, 0.2) is 42.5 Å². The van der Waals surface area contributed by atoms with Crippen molar-refractivity contribution >= 4 is 44.8 Å². The lowest BCUT2D eigenvalue weighted by Gasteiger charge is -2.14. The maximum Gasteiger partial charge on any atom is 0.253 e. The van der Waals surface area contributed by atoms with Crippen molar-refractivity contribution in [2.45, 2.75) is 20.3 Å². The van der Waals surface area contributed by atoms with Gasteiger partial charge in [0.15, 0.2) is 0 Å². The number of hydrogen-bond acceptors (Lipinski definition) is 5. The van der Waals surface area contributed by atoms with Crippen LogP contribution in [0.1, 0.15) is 29.8 Å². The molecule has 30 heavy (non-hydrogen) atoms. The molecule has 0 aromatic heterocycles. The number of carbonyl (C=O) groups is 3. The molecule has 9 nitrogen and oxygen atoms in total. The first-order valence-corrected chi connectivity index (χ1v) is 11.0. The molecule has 10 heteroatoms. The van der Waals surface area contributed by atoms with Crippen molar-refractivity contribution in [3.8, 4) is 0 Å². The second-order valence-electron chi connectivity index (χ2n) is 6.56. The monoisotopic (exact) mass is 432 g/mol. The van der Waals surface area contributed by atoms with Crippen molar-refractivity contribution in [2.24, 2.45) is 0 Å². The second-order valence-corrected chi connectivity index (χ2v) is 8.31. The van der Waals surface area contributed by atoms with Gasteiger partial charge in [-0.2, -0.15) is 0 Å². The van der Waals surface area contributed by atoms with E-state index in [1.54, 1.807) is 12.1 Å². The van der Waals surface area contributed by atoms with E-state index in [2.05, 4.69) is 20.7 Å². The van der Waals surface area contributed by atoms with Gasteiger partial charge in [-0.1, -0.05) is 25.1 Å². The Hall–Kier alpha value is -3.40. The van der Waals surface area contributed by atoms with Gasteiger partial charge in [-0.15, -0.1) is 0 Å². The van der Waals surface area contributed by atoms with Gasteiger partial charge in [0.25, 0.3) is 5.91 Å². The van der Waals surface area contributed by atoms with Crippen LogP contribution in [0.3, 0.4) is 0 Å². The Kier molecular flexibility index (Phi) is 7.54. The topological polar surface area (TPSA) is 133 Å². The minimum Gasteiger partial charge on any atom is -0.343 e. The quantitative estimate of drug-likeness (QED) is 0.506. The fraction of sp³-hybridized carbons (Fsp3) is 0.250. The minimum atomic E-state index is -3.65. The third kappa shape index (κ3) is 6.89. The molecule has 2 aromatic carbocycles. The first-order chi connectivity index (χ1) is 14.1. The zero-order chi connectivity index (χ0) is 22.3. The average molecular weight is 433 g/mol. The van der Waals surface area contributed by atoms with Gasteiger partial charge in [0.1, 0.15) is 0 Å². The summed E-state index contributed by atoms with van der Waals surface area (Å²) in [5.41, 5.74) is 1.92. The van der Waals surface area contributed by atoms with Crippen LogP contribution < -0.4 is 20.7 Å². The van der Waals surface area contributed by atoms with Crippen molar-refractivity contribution < 1.29 is 22.8 Å². The number of benzene rings is 2. The lowest BCUT2D eigenvalue weighted by molar-refractivity contribution is -0.115. The van der Waals surface area contributed by atoms with E-state index in [9.17, 15) is 22.8 Å². The Balaban J connectivity index is 2.15. The molecule has 0 spiro atoms. The molecule has 0 unspecified atom stereocenters. The largest absolute Gasteiger partial charge is 0.343 e. The van der Waals surface area contributed by atoms with Crippen LogP contribution >= 0.6 is 0 Å². The summed E-state index contributed by atoms with van der Waals surface area (Å²) in [7, 11) is -3.65. The van der Waals surface area contributed by atoms with Crippen molar-refractivity contribution in [2.75, 3.05) is 28.2 Å². The van der Waals surface area contributed by atoms with Gasteiger partial charge in [-0.3, -0.25) is 19.1 Å². The molecule has 0 heterocycles. The molecule has 0 aliphatic rings. The van der Waals surface area contributed by atoms with Crippen LogP contribution in [-0.2, 0) is 26.0 Å². The maximum atomic E-state index is 12.6. The molecule has 0 aliphatic carbocycles. The van der Waals surface area contributed by atoms with Crippen molar-refractivity contribution in [3.05, 3.63) is 53.6 Å².